The number of pyridine rings is 1. The Morgan fingerprint density at radius 1 is 1.44 bits per heavy atom. The van der Waals surface area contributed by atoms with Gasteiger partial charge in [0.25, 0.3) is 0 Å². The fourth-order valence-corrected chi connectivity index (χ4v) is 2.30. The van der Waals surface area contributed by atoms with Crippen LogP contribution in [0.5, 0.6) is 0 Å². The minimum Gasteiger partial charge on any atom is -0.368 e. The van der Waals surface area contributed by atoms with E-state index in [1.54, 1.807) is 0 Å². The van der Waals surface area contributed by atoms with Crippen LogP contribution in [0.1, 0.15) is 25.8 Å². The zero-order valence-corrected chi connectivity index (χ0v) is 10.5. The van der Waals surface area contributed by atoms with Gasteiger partial charge in [0.2, 0.25) is 0 Å². The third-order valence-electron chi connectivity index (χ3n) is 3.15. The van der Waals surface area contributed by atoms with Gasteiger partial charge < -0.3 is 10.2 Å². The Kier molecular flexibility index (Phi) is 3.15. The van der Waals surface area contributed by atoms with E-state index in [1.807, 2.05) is 12.4 Å². The third kappa shape index (κ3) is 2.53. The summed E-state index contributed by atoms with van der Waals surface area (Å²) in [5.41, 5.74) is 2.77. The fourth-order valence-electron chi connectivity index (χ4n) is 2.30. The maximum absolute atomic E-state index is 4.24. The highest BCUT2D eigenvalue weighted by Gasteiger charge is 2.24. The van der Waals surface area contributed by atoms with Gasteiger partial charge in [-0.25, -0.2) is 0 Å². The van der Waals surface area contributed by atoms with Crippen molar-refractivity contribution < 1.29 is 0 Å². The first-order valence-electron chi connectivity index (χ1n) is 5.99. The molecule has 1 fully saturated rings. The zero-order valence-electron chi connectivity index (χ0n) is 10.5. The lowest BCUT2D eigenvalue weighted by Crippen LogP contribution is -2.46. The van der Waals surface area contributed by atoms with Gasteiger partial charge in [-0.15, -0.1) is 0 Å². The number of nitrogens with one attached hydrogen (secondary N) is 1. The average molecular weight is 219 g/mol. The molecular formula is C13H21N3. The quantitative estimate of drug-likeness (QED) is 0.782. The van der Waals surface area contributed by atoms with Crippen LogP contribution in [0.3, 0.4) is 0 Å². The van der Waals surface area contributed by atoms with E-state index in [2.05, 4.69) is 42.0 Å². The highest BCUT2D eigenvalue weighted by atomic mass is 15.2. The lowest BCUT2D eigenvalue weighted by Gasteiger charge is -2.32. The van der Waals surface area contributed by atoms with Crippen molar-refractivity contribution in [2.75, 3.05) is 24.5 Å². The molecule has 1 aliphatic rings. The summed E-state index contributed by atoms with van der Waals surface area (Å²) in [6.45, 7) is 9.93. The maximum Gasteiger partial charge on any atom is 0.0583 e. The summed E-state index contributed by atoms with van der Waals surface area (Å²) >= 11 is 0. The largest absolute Gasteiger partial charge is 0.368 e. The predicted molar refractivity (Wildman–Crippen MR) is 67.9 cm³/mol. The Hall–Kier alpha value is -1.09. The van der Waals surface area contributed by atoms with Gasteiger partial charge in [-0.2, -0.15) is 0 Å². The second kappa shape index (κ2) is 4.42. The Bertz CT molecular complexity index is 360. The standard InChI is InChI=1S/C13H21N3/c1-11-5-7-14-9-12(11)16-8-4-6-15-13(2,3)10-16/h5,7,9,15H,4,6,8,10H2,1-3H3. The highest BCUT2D eigenvalue weighted by molar-refractivity contribution is 5.51. The minimum absolute atomic E-state index is 0.179. The molecule has 0 atom stereocenters. The number of aromatic nitrogens is 1. The van der Waals surface area contributed by atoms with E-state index >= 15 is 0 Å². The molecule has 1 aromatic rings. The molecule has 1 aromatic heterocycles. The molecule has 1 N–H and O–H groups in total. The third-order valence-corrected chi connectivity index (χ3v) is 3.15. The molecule has 0 aliphatic carbocycles. The molecule has 1 aliphatic heterocycles. The summed E-state index contributed by atoms with van der Waals surface area (Å²) in [6.07, 6.45) is 5.04. The van der Waals surface area contributed by atoms with Gasteiger partial charge in [0, 0.05) is 24.8 Å². The molecule has 0 unspecified atom stereocenters. The molecule has 0 bridgehead atoms. The SMILES string of the molecule is Cc1ccncc1N1CCCNC(C)(C)C1. The molecule has 0 radical (unpaired) electrons. The Morgan fingerprint density at radius 2 is 2.25 bits per heavy atom. The van der Waals surface area contributed by atoms with Gasteiger partial charge >= 0.3 is 0 Å². The van der Waals surface area contributed by atoms with Gasteiger partial charge in [-0.1, -0.05) is 0 Å². The van der Waals surface area contributed by atoms with Crippen LogP contribution in [0.2, 0.25) is 0 Å². The molecule has 0 aromatic carbocycles. The van der Waals surface area contributed by atoms with E-state index in [-0.39, 0.29) is 5.54 Å². The lowest BCUT2D eigenvalue weighted by molar-refractivity contribution is 0.416. The first-order chi connectivity index (χ1) is 7.58. The van der Waals surface area contributed by atoms with Gasteiger partial charge in [0.1, 0.15) is 0 Å². The van der Waals surface area contributed by atoms with Crippen molar-refractivity contribution in [3.05, 3.63) is 24.0 Å². The molecular weight excluding hydrogens is 198 g/mol. The zero-order chi connectivity index (χ0) is 11.6. The average Bonchev–Trinajstić information content (AvgIpc) is 2.40. The predicted octanol–water partition coefficient (Wildman–Crippen LogP) is 1.97. The number of aryl methyl sites for hydroxylation is 1. The van der Waals surface area contributed by atoms with Crippen molar-refractivity contribution >= 4 is 5.69 Å². The van der Waals surface area contributed by atoms with E-state index < -0.39 is 0 Å². The summed E-state index contributed by atoms with van der Waals surface area (Å²) in [4.78, 5) is 6.68. The fraction of sp³-hybridized carbons (Fsp3) is 0.615. The molecule has 88 valence electrons. The minimum atomic E-state index is 0.179. The van der Waals surface area contributed by atoms with E-state index in [4.69, 9.17) is 0 Å². The summed E-state index contributed by atoms with van der Waals surface area (Å²) < 4.78 is 0. The second-order valence-electron chi connectivity index (χ2n) is 5.25. The van der Waals surface area contributed by atoms with Crippen molar-refractivity contribution in [2.24, 2.45) is 0 Å². The number of rotatable bonds is 1. The normalized spacial score (nSPS) is 20.6. The van der Waals surface area contributed by atoms with Crippen LogP contribution in [0.25, 0.3) is 0 Å². The topological polar surface area (TPSA) is 28.2 Å². The number of nitrogens with zero attached hydrogens (tertiary/aromatic N) is 2. The number of hydrogen-bond acceptors (Lipinski definition) is 3. The van der Waals surface area contributed by atoms with E-state index in [1.165, 1.54) is 17.7 Å². The van der Waals surface area contributed by atoms with E-state index in [9.17, 15) is 0 Å². The first kappa shape index (κ1) is 11.4. The molecule has 3 nitrogen and oxygen atoms in total. The van der Waals surface area contributed by atoms with Crippen molar-refractivity contribution in [1.82, 2.24) is 10.3 Å². The van der Waals surface area contributed by atoms with Crippen LogP contribution >= 0.6 is 0 Å². The Labute approximate surface area is 97.9 Å². The molecule has 0 spiro atoms. The second-order valence-corrected chi connectivity index (χ2v) is 5.25. The highest BCUT2D eigenvalue weighted by Crippen LogP contribution is 2.22. The molecule has 2 rings (SSSR count). The summed E-state index contributed by atoms with van der Waals surface area (Å²) in [6, 6.07) is 2.08. The Morgan fingerprint density at radius 3 is 3.00 bits per heavy atom. The number of anilines is 1. The summed E-state index contributed by atoms with van der Waals surface area (Å²) in [5, 5.41) is 3.58. The van der Waals surface area contributed by atoms with E-state index in [0.29, 0.717) is 0 Å². The Balaban J connectivity index is 2.23. The molecule has 3 heteroatoms. The van der Waals surface area contributed by atoms with Gasteiger partial charge in [-0.05, 0) is 45.4 Å². The van der Waals surface area contributed by atoms with E-state index in [0.717, 1.165) is 19.6 Å². The molecule has 1 saturated heterocycles. The van der Waals surface area contributed by atoms with Gasteiger partial charge in [-0.3, -0.25) is 4.98 Å². The van der Waals surface area contributed by atoms with Gasteiger partial charge in [0.05, 0.1) is 11.9 Å². The molecule has 2 heterocycles. The van der Waals surface area contributed by atoms with Crippen molar-refractivity contribution in [3.63, 3.8) is 0 Å². The van der Waals surface area contributed by atoms with Crippen LogP contribution in [0, 0.1) is 6.92 Å². The molecule has 0 saturated carbocycles. The number of hydrogen-bond donors (Lipinski definition) is 1. The van der Waals surface area contributed by atoms with Crippen LogP contribution in [-0.2, 0) is 0 Å². The lowest BCUT2D eigenvalue weighted by atomic mass is 10.1. The monoisotopic (exact) mass is 219 g/mol. The maximum atomic E-state index is 4.24. The van der Waals surface area contributed by atoms with Crippen LogP contribution in [0.15, 0.2) is 18.5 Å². The van der Waals surface area contributed by atoms with Crippen LogP contribution < -0.4 is 10.2 Å². The summed E-state index contributed by atoms with van der Waals surface area (Å²) in [7, 11) is 0. The van der Waals surface area contributed by atoms with Crippen LogP contribution in [-0.4, -0.2) is 30.2 Å². The van der Waals surface area contributed by atoms with Crippen molar-refractivity contribution in [1.29, 1.82) is 0 Å². The van der Waals surface area contributed by atoms with Crippen molar-refractivity contribution in [2.45, 2.75) is 32.7 Å². The molecule has 0 amide bonds. The smallest absolute Gasteiger partial charge is 0.0583 e. The van der Waals surface area contributed by atoms with Crippen LogP contribution in [0.4, 0.5) is 5.69 Å². The molecule has 16 heavy (non-hydrogen) atoms. The van der Waals surface area contributed by atoms with Crippen molar-refractivity contribution in [3.8, 4) is 0 Å². The first-order valence-corrected chi connectivity index (χ1v) is 5.99. The van der Waals surface area contributed by atoms with Gasteiger partial charge in [0.15, 0.2) is 0 Å². The summed E-state index contributed by atoms with van der Waals surface area (Å²) in [5.74, 6) is 0.